The molecule has 3 heterocycles. The summed E-state index contributed by atoms with van der Waals surface area (Å²) in [6.07, 6.45) is 6.74. The van der Waals surface area contributed by atoms with Crippen LogP contribution < -0.4 is 4.90 Å². The zero-order chi connectivity index (χ0) is 15.5. The van der Waals surface area contributed by atoms with Crippen molar-refractivity contribution >= 4 is 11.7 Å². The van der Waals surface area contributed by atoms with E-state index in [2.05, 4.69) is 26.8 Å². The first-order valence-corrected chi connectivity index (χ1v) is 8.14. The van der Waals surface area contributed by atoms with Gasteiger partial charge in [0.15, 0.2) is 0 Å². The molecule has 120 valence electrons. The molecule has 1 aromatic heterocycles. The van der Waals surface area contributed by atoms with E-state index in [9.17, 15) is 4.79 Å². The van der Waals surface area contributed by atoms with Crippen LogP contribution in [-0.4, -0.2) is 72.5 Å². The lowest BCUT2D eigenvalue weighted by atomic mass is 10.1. The fraction of sp³-hybridized carbons (Fsp3) is 0.688. The number of anilines is 1. The van der Waals surface area contributed by atoms with Crippen LogP contribution in [0.25, 0.3) is 0 Å². The van der Waals surface area contributed by atoms with Crippen molar-refractivity contribution in [1.29, 1.82) is 0 Å². The van der Waals surface area contributed by atoms with Gasteiger partial charge in [0, 0.05) is 33.2 Å². The Balaban J connectivity index is 1.66. The SMILES string of the molecule is CN1CCC(CN(C)c2cncc(C(=O)N3CCCC3)n2)C1. The second kappa shape index (κ2) is 6.60. The highest BCUT2D eigenvalue weighted by Gasteiger charge is 2.23. The smallest absolute Gasteiger partial charge is 0.274 e. The molecule has 2 aliphatic heterocycles. The monoisotopic (exact) mass is 303 g/mol. The third-order valence-electron chi connectivity index (χ3n) is 4.65. The molecule has 0 bridgehead atoms. The summed E-state index contributed by atoms with van der Waals surface area (Å²) in [6, 6.07) is 0. The standard InChI is InChI=1S/C16H25N5O/c1-19-8-5-13(11-19)12-20(2)15-10-17-9-14(18-15)16(22)21-6-3-4-7-21/h9-10,13H,3-8,11-12H2,1-2H3. The van der Waals surface area contributed by atoms with Crippen LogP contribution in [0.15, 0.2) is 12.4 Å². The Morgan fingerprint density at radius 3 is 2.77 bits per heavy atom. The van der Waals surface area contributed by atoms with Crippen molar-refractivity contribution < 1.29 is 4.79 Å². The number of nitrogens with zero attached hydrogens (tertiary/aromatic N) is 5. The lowest BCUT2D eigenvalue weighted by Crippen LogP contribution is -2.31. The molecule has 2 saturated heterocycles. The average Bonchev–Trinajstić information content (AvgIpc) is 3.18. The zero-order valence-corrected chi connectivity index (χ0v) is 13.5. The molecule has 22 heavy (non-hydrogen) atoms. The highest BCUT2D eigenvalue weighted by molar-refractivity contribution is 5.92. The van der Waals surface area contributed by atoms with Gasteiger partial charge in [0.1, 0.15) is 11.5 Å². The number of carbonyl (C=O) groups is 1. The van der Waals surface area contributed by atoms with Crippen molar-refractivity contribution in [2.45, 2.75) is 19.3 Å². The molecule has 2 fully saturated rings. The first-order valence-electron chi connectivity index (χ1n) is 8.14. The number of amides is 1. The normalized spacial score (nSPS) is 22.3. The van der Waals surface area contributed by atoms with Gasteiger partial charge in [0.05, 0.1) is 12.4 Å². The van der Waals surface area contributed by atoms with E-state index < -0.39 is 0 Å². The maximum absolute atomic E-state index is 12.4. The van der Waals surface area contributed by atoms with Crippen LogP contribution in [0, 0.1) is 5.92 Å². The highest BCUT2D eigenvalue weighted by atomic mass is 16.2. The predicted molar refractivity (Wildman–Crippen MR) is 86.0 cm³/mol. The molecule has 3 rings (SSSR count). The Kier molecular flexibility index (Phi) is 4.57. The van der Waals surface area contributed by atoms with Gasteiger partial charge in [-0.25, -0.2) is 4.98 Å². The third-order valence-corrected chi connectivity index (χ3v) is 4.65. The van der Waals surface area contributed by atoms with Gasteiger partial charge in [0.2, 0.25) is 0 Å². The maximum Gasteiger partial charge on any atom is 0.274 e. The highest BCUT2D eigenvalue weighted by Crippen LogP contribution is 2.18. The molecule has 1 unspecified atom stereocenters. The number of likely N-dealkylation sites (tertiary alicyclic amines) is 2. The van der Waals surface area contributed by atoms with E-state index in [0.717, 1.165) is 51.4 Å². The number of aromatic nitrogens is 2. The molecule has 6 heteroatoms. The minimum absolute atomic E-state index is 0.0147. The van der Waals surface area contributed by atoms with Crippen molar-refractivity contribution in [3.8, 4) is 0 Å². The van der Waals surface area contributed by atoms with E-state index in [-0.39, 0.29) is 5.91 Å². The maximum atomic E-state index is 12.4. The quantitative estimate of drug-likeness (QED) is 0.834. The van der Waals surface area contributed by atoms with Crippen LogP contribution >= 0.6 is 0 Å². The van der Waals surface area contributed by atoms with Crippen molar-refractivity contribution in [2.75, 3.05) is 51.7 Å². The van der Waals surface area contributed by atoms with Crippen LogP contribution in [0.3, 0.4) is 0 Å². The summed E-state index contributed by atoms with van der Waals surface area (Å²) in [5.41, 5.74) is 0.467. The van der Waals surface area contributed by atoms with Gasteiger partial charge in [-0.05, 0) is 38.8 Å². The number of hydrogen-bond acceptors (Lipinski definition) is 5. The fourth-order valence-electron chi connectivity index (χ4n) is 3.38. The van der Waals surface area contributed by atoms with Gasteiger partial charge >= 0.3 is 0 Å². The van der Waals surface area contributed by atoms with E-state index in [1.807, 2.05) is 11.9 Å². The zero-order valence-electron chi connectivity index (χ0n) is 13.5. The molecule has 1 amide bonds. The number of carbonyl (C=O) groups excluding carboxylic acids is 1. The van der Waals surface area contributed by atoms with Crippen molar-refractivity contribution in [3.05, 3.63) is 18.1 Å². The molecule has 0 spiro atoms. The Labute approximate surface area is 132 Å². The second-order valence-electron chi connectivity index (χ2n) is 6.56. The number of hydrogen-bond donors (Lipinski definition) is 0. The summed E-state index contributed by atoms with van der Waals surface area (Å²) < 4.78 is 0. The molecular formula is C16H25N5O. The Hall–Kier alpha value is -1.69. The first-order chi connectivity index (χ1) is 10.6. The van der Waals surface area contributed by atoms with E-state index in [0.29, 0.717) is 11.6 Å². The van der Waals surface area contributed by atoms with Crippen LogP contribution in [-0.2, 0) is 0 Å². The van der Waals surface area contributed by atoms with Gasteiger partial charge < -0.3 is 14.7 Å². The molecule has 6 nitrogen and oxygen atoms in total. The molecule has 0 N–H and O–H groups in total. The summed E-state index contributed by atoms with van der Waals surface area (Å²) in [6.45, 7) is 4.94. The van der Waals surface area contributed by atoms with Gasteiger partial charge in [-0.2, -0.15) is 0 Å². The van der Waals surface area contributed by atoms with Crippen molar-refractivity contribution in [1.82, 2.24) is 19.8 Å². The van der Waals surface area contributed by atoms with E-state index in [1.54, 1.807) is 12.4 Å². The van der Waals surface area contributed by atoms with E-state index in [1.165, 1.54) is 6.42 Å². The Morgan fingerprint density at radius 2 is 2.09 bits per heavy atom. The third kappa shape index (κ3) is 3.38. The molecule has 0 saturated carbocycles. The largest absolute Gasteiger partial charge is 0.358 e. The van der Waals surface area contributed by atoms with Crippen molar-refractivity contribution in [3.63, 3.8) is 0 Å². The molecule has 1 aromatic rings. The predicted octanol–water partition coefficient (Wildman–Crippen LogP) is 1.10. The Bertz CT molecular complexity index is 529. The van der Waals surface area contributed by atoms with Gasteiger partial charge in [-0.1, -0.05) is 0 Å². The van der Waals surface area contributed by atoms with E-state index in [4.69, 9.17) is 0 Å². The summed E-state index contributed by atoms with van der Waals surface area (Å²) >= 11 is 0. The van der Waals surface area contributed by atoms with Gasteiger partial charge in [-0.15, -0.1) is 0 Å². The molecule has 0 aliphatic carbocycles. The molecule has 0 aromatic carbocycles. The summed E-state index contributed by atoms with van der Waals surface area (Å²) in [5.74, 6) is 1.47. The summed E-state index contributed by atoms with van der Waals surface area (Å²) in [5, 5.41) is 0. The number of rotatable bonds is 4. The molecule has 0 radical (unpaired) electrons. The van der Waals surface area contributed by atoms with Gasteiger partial charge in [-0.3, -0.25) is 9.78 Å². The first kappa shape index (κ1) is 15.2. The molecular weight excluding hydrogens is 278 g/mol. The van der Waals surface area contributed by atoms with E-state index >= 15 is 0 Å². The van der Waals surface area contributed by atoms with Crippen LogP contribution in [0.5, 0.6) is 0 Å². The summed E-state index contributed by atoms with van der Waals surface area (Å²) in [7, 11) is 4.20. The molecule has 2 aliphatic rings. The lowest BCUT2D eigenvalue weighted by Gasteiger charge is -2.22. The molecule has 1 atom stereocenters. The minimum Gasteiger partial charge on any atom is -0.358 e. The lowest BCUT2D eigenvalue weighted by molar-refractivity contribution is 0.0786. The average molecular weight is 303 g/mol. The van der Waals surface area contributed by atoms with Crippen LogP contribution in [0.1, 0.15) is 29.8 Å². The van der Waals surface area contributed by atoms with Crippen molar-refractivity contribution in [2.24, 2.45) is 5.92 Å². The van der Waals surface area contributed by atoms with Gasteiger partial charge in [0.25, 0.3) is 5.91 Å². The summed E-state index contributed by atoms with van der Waals surface area (Å²) in [4.78, 5) is 27.5. The minimum atomic E-state index is 0.0147. The van der Waals surface area contributed by atoms with Crippen LogP contribution in [0.2, 0.25) is 0 Å². The Morgan fingerprint density at radius 1 is 1.32 bits per heavy atom. The topological polar surface area (TPSA) is 52.6 Å². The van der Waals surface area contributed by atoms with Crippen LogP contribution in [0.4, 0.5) is 5.82 Å². The second-order valence-corrected chi connectivity index (χ2v) is 6.56. The fourth-order valence-corrected chi connectivity index (χ4v) is 3.38.